The van der Waals surface area contributed by atoms with E-state index in [1.807, 2.05) is 24.4 Å². The van der Waals surface area contributed by atoms with E-state index in [9.17, 15) is 19.5 Å². The third kappa shape index (κ3) is 4.29. The fourth-order valence-electron chi connectivity index (χ4n) is 2.16. The van der Waals surface area contributed by atoms with Crippen LogP contribution in [0.5, 0.6) is 0 Å². The van der Waals surface area contributed by atoms with E-state index in [-0.39, 0.29) is 12.5 Å². The van der Waals surface area contributed by atoms with Gasteiger partial charge in [-0.1, -0.05) is 26.3 Å². The number of amides is 1. The minimum absolute atomic E-state index is 0.214. The van der Waals surface area contributed by atoms with Gasteiger partial charge in [0.1, 0.15) is 18.3 Å². The number of carbonyl (C=O) groups excluding carboxylic acids is 1. The normalized spacial score (nSPS) is 13.2. The minimum Gasteiger partial charge on any atom is -0.480 e. The van der Waals surface area contributed by atoms with Crippen molar-refractivity contribution in [3.05, 3.63) is 40.0 Å². The van der Waals surface area contributed by atoms with Gasteiger partial charge in [0, 0.05) is 6.07 Å². The molecule has 0 aliphatic carbocycles. The van der Waals surface area contributed by atoms with Gasteiger partial charge in [-0.25, -0.2) is 9.48 Å². The highest BCUT2D eigenvalue weighted by Gasteiger charge is 2.25. The predicted octanol–water partition coefficient (Wildman–Crippen LogP) is 1.59. The number of thiophene rings is 1. The first-order valence-corrected chi connectivity index (χ1v) is 8.44. The van der Waals surface area contributed by atoms with Crippen LogP contribution in [0, 0.1) is 5.92 Å². The standard InChI is InChI=1S/C16H19N3O4S/c1-3-10(2)15(16(22)23)17-13(20)9-19-14(21)7-6-11(18-19)12-5-4-8-24-12/h4-8,10,15H,3,9H2,1-2H3,(H,17,20)(H,22,23)/t10-,15+/m1/s1. The summed E-state index contributed by atoms with van der Waals surface area (Å²) < 4.78 is 1.04. The van der Waals surface area contributed by atoms with Crippen LogP contribution in [0.3, 0.4) is 0 Å². The number of hydrogen-bond acceptors (Lipinski definition) is 5. The largest absolute Gasteiger partial charge is 0.480 e. The van der Waals surface area contributed by atoms with Crippen LogP contribution in [0.4, 0.5) is 0 Å². The molecule has 2 heterocycles. The Labute approximate surface area is 142 Å². The summed E-state index contributed by atoms with van der Waals surface area (Å²) in [6.45, 7) is 3.28. The molecular weight excluding hydrogens is 330 g/mol. The van der Waals surface area contributed by atoms with Crippen LogP contribution in [0.15, 0.2) is 34.4 Å². The number of rotatable bonds is 7. The molecule has 0 unspecified atom stereocenters. The molecule has 128 valence electrons. The summed E-state index contributed by atoms with van der Waals surface area (Å²) in [5.41, 5.74) is 0.176. The molecule has 0 spiro atoms. The van der Waals surface area contributed by atoms with E-state index in [2.05, 4.69) is 10.4 Å². The van der Waals surface area contributed by atoms with Gasteiger partial charge in [0.2, 0.25) is 5.91 Å². The molecule has 0 bridgehead atoms. The Balaban J connectivity index is 2.15. The summed E-state index contributed by atoms with van der Waals surface area (Å²) in [6.07, 6.45) is 0.614. The highest BCUT2D eigenvalue weighted by Crippen LogP contribution is 2.21. The van der Waals surface area contributed by atoms with E-state index >= 15 is 0 Å². The van der Waals surface area contributed by atoms with Crippen LogP contribution in [-0.4, -0.2) is 32.8 Å². The second-order valence-electron chi connectivity index (χ2n) is 5.46. The number of carboxylic acids is 1. The molecule has 24 heavy (non-hydrogen) atoms. The fourth-order valence-corrected chi connectivity index (χ4v) is 2.85. The van der Waals surface area contributed by atoms with Crippen molar-refractivity contribution in [3.8, 4) is 10.6 Å². The van der Waals surface area contributed by atoms with E-state index in [0.717, 1.165) is 9.56 Å². The summed E-state index contributed by atoms with van der Waals surface area (Å²) in [5, 5.41) is 17.7. The van der Waals surface area contributed by atoms with Gasteiger partial charge in [-0.05, 0) is 23.4 Å². The van der Waals surface area contributed by atoms with Crippen LogP contribution in [0.25, 0.3) is 10.6 Å². The zero-order valence-electron chi connectivity index (χ0n) is 13.4. The lowest BCUT2D eigenvalue weighted by Crippen LogP contribution is -2.47. The van der Waals surface area contributed by atoms with Gasteiger partial charge in [-0.15, -0.1) is 11.3 Å². The molecular formula is C16H19N3O4S. The maximum Gasteiger partial charge on any atom is 0.326 e. The molecule has 0 saturated heterocycles. The van der Waals surface area contributed by atoms with E-state index in [1.54, 1.807) is 13.0 Å². The lowest BCUT2D eigenvalue weighted by molar-refractivity contribution is -0.143. The molecule has 8 heteroatoms. The maximum absolute atomic E-state index is 12.1. The summed E-state index contributed by atoms with van der Waals surface area (Å²) in [7, 11) is 0. The second-order valence-corrected chi connectivity index (χ2v) is 6.41. The van der Waals surface area contributed by atoms with Gasteiger partial charge in [0.15, 0.2) is 0 Å². The van der Waals surface area contributed by atoms with Crippen molar-refractivity contribution < 1.29 is 14.7 Å². The number of nitrogens with zero attached hydrogens (tertiary/aromatic N) is 2. The SMILES string of the molecule is CC[C@@H](C)[C@H](NC(=O)Cn1nc(-c2cccs2)ccc1=O)C(=O)O. The van der Waals surface area contributed by atoms with Crippen molar-refractivity contribution in [1.82, 2.24) is 15.1 Å². The number of carbonyl (C=O) groups is 2. The van der Waals surface area contributed by atoms with E-state index < -0.39 is 23.5 Å². The molecule has 0 aromatic carbocycles. The molecule has 2 aromatic rings. The van der Waals surface area contributed by atoms with Crippen LogP contribution in [0.2, 0.25) is 0 Å². The molecule has 2 atom stereocenters. The fraction of sp³-hybridized carbons (Fsp3) is 0.375. The van der Waals surface area contributed by atoms with Gasteiger partial charge < -0.3 is 10.4 Å². The molecule has 0 saturated carbocycles. The Morgan fingerprint density at radius 1 is 1.38 bits per heavy atom. The number of aromatic nitrogens is 2. The predicted molar refractivity (Wildman–Crippen MR) is 90.8 cm³/mol. The van der Waals surface area contributed by atoms with Gasteiger partial charge in [-0.3, -0.25) is 9.59 Å². The van der Waals surface area contributed by atoms with Crippen molar-refractivity contribution >= 4 is 23.2 Å². The smallest absolute Gasteiger partial charge is 0.326 e. The maximum atomic E-state index is 12.1. The molecule has 7 nitrogen and oxygen atoms in total. The number of carboxylic acid groups (broad SMARTS) is 1. The van der Waals surface area contributed by atoms with Gasteiger partial charge in [0.05, 0.1) is 4.88 Å². The number of hydrogen-bond donors (Lipinski definition) is 2. The van der Waals surface area contributed by atoms with Gasteiger partial charge in [0.25, 0.3) is 5.56 Å². The zero-order chi connectivity index (χ0) is 17.7. The van der Waals surface area contributed by atoms with Crippen LogP contribution >= 0.6 is 11.3 Å². The summed E-state index contributed by atoms with van der Waals surface area (Å²) in [5.74, 6) is -1.86. The Kier molecular flexibility index (Phi) is 5.86. The van der Waals surface area contributed by atoms with E-state index in [1.165, 1.54) is 17.4 Å². The Hall–Kier alpha value is -2.48. The average molecular weight is 349 g/mol. The molecule has 2 aromatic heterocycles. The molecule has 0 radical (unpaired) electrons. The van der Waals surface area contributed by atoms with E-state index in [4.69, 9.17) is 0 Å². The minimum atomic E-state index is -1.09. The van der Waals surface area contributed by atoms with Crippen molar-refractivity contribution in [3.63, 3.8) is 0 Å². The van der Waals surface area contributed by atoms with Gasteiger partial charge >= 0.3 is 5.97 Å². The van der Waals surface area contributed by atoms with Gasteiger partial charge in [-0.2, -0.15) is 5.10 Å². The molecule has 0 aliphatic rings. The molecule has 2 N–H and O–H groups in total. The summed E-state index contributed by atoms with van der Waals surface area (Å²) >= 11 is 1.47. The molecule has 0 aliphatic heterocycles. The monoisotopic (exact) mass is 349 g/mol. The second kappa shape index (κ2) is 7.87. The van der Waals surface area contributed by atoms with Crippen LogP contribution in [0.1, 0.15) is 20.3 Å². The Bertz CT molecular complexity index is 770. The third-order valence-corrected chi connectivity index (χ3v) is 4.62. The quantitative estimate of drug-likeness (QED) is 0.790. The molecule has 2 rings (SSSR count). The zero-order valence-corrected chi connectivity index (χ0v) is 14.2. The van der Waals surface area contributed by atoms with Crippen molar-refractivity contribution in [2.45, 2.75) is 32.9 Å². The first kappa shape index (κ1) is 17.9. The number of nitrogens with one attached hydrogen (secondary N) is 1. The molecule has 1 amide bonds. The van der Waals surface area contributed by atoms with Crippen LogP contribution in [-0.2, 0) is 16.1 Å². The summed E-state index contributed by atoms with van der Waals surface area (Å²) in [4.78, 5) is 36.2. The lowest BCUT2D eigenvalue weighted by Gasteiger charge is -2.20. The van der Waals surface area contributed by atoms with E-state index in [0.29, 0.717) is 12.1 Å². The van der Waals surface area contributed by atoms with Crippen molar-refractivity contribution in [1.29, 1.82) is 0 Å². The Morgan fingerprint density at radius 2 is 2.12 bits per heavy atom. The summed E-state index contributed by atoms with van der Waals surface area (Å²) in [6, 6.07) is 5.69. The average Bonchev–Trinajstić information content (AvgIpc) is 3.08. The first-order chi connectivity index (χ1) is 11.4. The highest BCUT2D eigenvalue weighted by molar-refractivity contribution is 7.13. The number of aliphatic carboxylic acids is 1. The van der Waals surface area contributed by atoms with Crippen molar-refractivity contribution in [2.75, 3.05) is 0 Å². The Morgan fingerprint density at radius 3 is 2.71 bits per heavy atom. The topological polar surface area (TPSA) is 101 Å². The molecule has 0 fully saturated rings. The third-order valence-electron chi connectivity index (χ3n) is 3.73. The highest BCUT2D eigenvalue weighted by atomic mass is 32.1. The lowest BCUT2D eigenvalue weighted by atomic mass is 9.99. The van der Waals surface area contributed by atoms with Crippen LogP contribution < -0.4 is 10.9 Å². The van der Waals surface area contributed by atoms with Crippen molar-refractivity contribution in [2.24, 2.45) is 5.92 Å². The first-order valence-electron chi connectivity index (χ1n) is 7.56.